The molecule has 0 aliphatic carbocycles. The van der Waals surface area contributed by atoms with E-state index in [9.17, 15) is 4.79 Å². The van der Waals surface area contributed by atoms with E-state index in [-0.39, 0.29) is 18.6 Å². The van der Waals surface area contributed by atoms with Crippen LogP contribution in [0.15, 0.2) is 42.6 Å². The first-order valence-corrected chi connectivity index (χ1v) is 7.90. The number of pyridine rings is 1. The van der Waals surface area contributed by atoms with Crippen LogP contribution >= 0.6 is 0 Å². The van der Waals surface area contributed by atoms with E-state index in [0.29, 0.717) is 23.9 Å². The predicted octanol–water partition coefficient (Wildman–Crippen LogP) is 2.33. The van der Waals surface area contributed by atoms with Crippen molar-refractivity contribution in [3.05, 3.63) is 48.2 Å². The quantitative estimate of drug-likeness (QED) is 0.912. The first-order valence-electron chi connectivity index (χ1n) is 7.90. The maximum atomic E-state index is 12.3. The number of amides is 1. The zero-order valence-corrected chi connectivity index (χ0v) is 13.7. The van der Waals surface area contributed by atoms with Gasteiger partial charge in [-0.25, -0.2) is 4.98 Å². The lowest BCUT2D eigenvalue weighted by atomic mass is 10.2. The third-order valence-corrected chi connectivity index (χ3v) is 3.45. The molecule has 24 heavy (non-hydrogen) atoms. The van der Waals surface area contributed by atoms with Crippen LogP contribution < -0.4 is 19.5 Å². The molecule has 6 nitrogen and oxygen atoms in total. The average molecular weight is 328 g/mol. The first kappa shape index (κ1) is 16.1. The Morgan fingerprint density at radius 2 is 2.08 bits per heavy atom. The largest absolute Gasteiger partial charge is 0.485 e. The first-order chi connectivity index (χ1) is 11.6. The normalized spacial score (nSPS) is 15.9. The molecule has 1 unspecified atom stereocenters. The second kappa shape index (κ2) is 7.21. The summed E-state index contributed by atoms with van der Waals surface area (Å²) in [6, 6.07) is 11.0. The minimum atomic E-state index is -0.675. The molecule has 0 spiro atoms. The molecular weight excluding hydrogens is 308 g/mol. The fraction of sp³-hybridized carbons (Fsp3) is 0.333. The average Bonchev–Trinajstić information content (AvgIpc) is 2.60. The van der Waals surface area contributed by atoms with E-state index < -0.39 is 6.10 Å². The Kier molecular flexibility index (Phi) is 4.84. The summed E-state index contributed by atoms with van der Waals surface area (Å²) in [6.45, 7) is 4.37. The summed E-state index contributed by atoms with van der Waals surface area (Å²) >= 11 is 0. The number of carbonyl (C=O) groups excluding carboxylic acids is 1. The lowest BCUT2D eigenvalue weighted by molar-refractivity contribution is -0.130. The van der Waals surface area contributed by atoms with Gasteiger partial charge < -0.3 is 19.5 Å². The summed E-state index contributed by atoms with van der Waals surface area (Å²) in [4.78, 5) is 16.5. The predicted molar refractivity (Wildman–Crippen MR) is 88.2 cm³/mol. The van der Waals surface area contributed by atoms with Crippen LogP contribution in [-0.4, -0.2) is 29.7 Å². The molecule has 0 bridgehead atoms. The Labute approximate surface area is 140 Å². The summed E-state index contributed by atoms with van der Waals surface area (Å²) in [6.07, 6.45) is 1.00. The number of hydrogen-bond acceptors (Lipinski definition) is 5. The molecule has 1 aliphatic heterocycles. The molecule has 0 saturated heterocycles. The minimum absolute atomic E-state index is 0.0148. The molecule has 0 radical (unpaired) electrons. The zero-order valence-electron chi connectivity index (χ0n) is 13.7. The lowest BCUT2D eigenvalue weighted by Crippen LogP contribution is -2.43. The summed E-state index contributed by atoms with van der Waals surface area (Å²) in [5.41, 5.74) is 0.816. The van der Waals surface area contributed by atoms with Crippen LogP contribution in [0.1, 0.15) is 19.4 Å². The highest BCUT2D eigenvalue weighted by molar-refractivity contribution is 5.81. The van der Waals surface area contributed by atoms with Crippen LogP contribution in [0.2, 0.25) is 0 Å². The van der Waals surface area contributed by atoms with Gasteiger partial charge in [0.15, 0.2) is 11.5 Å². The van der Waals surface area contributed by atoms with Gasteiger partial charge in [0.2, 0.25) is 12.0 Å². The van der Waals surface area contributed by atoms with Crippen molar-refractivity contribution in [3.8, 4) is 17.4 Å². The molecule has 0 fully saturated rings. The molecule has 126 valence electrons. The van der Waals surface area contributed by atoms with E-state index in [4.69, 9.17) is 14.2 Å². The van der Waals surface area contributed by atoms with Crippen molar-refractivity contribution in [1.82, 2.24) is 10.3 Å². The molecule has 1 N–H and O–H groups in total. The Morgan fingerprint density at radius 1 is 1.29 bits per heavy atom. The van der Waals surface area contributed by atoms with Crippen molar-refractivity contribution >= 4 is 5.91 Å². The summed E-state index contributed by atoms with van der Waals surface area (Å²) in [5, 5.41) is 2.85. The molecule has 1 aliphatic rings. The minimum Gasteiger partial charge on any atom is -0.485 e. The van der Waals surface area contributed by atoms with Gasteiger partial charge in [-0.15, -0.1) is 0 Å². The number of aromatic nitrogens is 1. The number of nitrogens with one attached hydrogen (secondary N) is 1. The monoisotopic (exact) mass is 328 g/mol. The van der Waals surface area contributed by atoms with E-state index in [2.05, 4.69) is 10.3 Å². The molecule has 3 rings (SSSR count). The second-order valence-corrected chi connectivity index (χ2v) is 5.72. The van der Waals surface area contributed by atoms with E-state index in [1.807, 2.05) is 44.2 Å². The number of ether oxygens (including phenoxy) is 3. The number of fused-ring (bicyclic) bond motifs is 1. The van der Waals surface area contributed by atoms with Crippen LogP contribution in [0.5, 0.6) is 17.4 Å². The standard InChI is InChI=1S/C18H20N2O4/c1-12(2)23-18-13(6-5-9-19-18)10-20-17(21)16-11-22-14-7-3-4-8-15(14)24-16/h3-9,12,16H,10-11H2,1-2H3,(H,20,21). The molecule has 1 aromatic heterocycles. The molecule has 6 heteroatoms. The van der Waals surface area contributed by atoms with Gasteiger partial charge in [0, 0.05) is 18.3 Å². The van der Waals surface area contributed by atoms with Gasteiger partial charge in [-0.05, 0) is 32.0 Å². The summed E-state index contributed by atoms with van der Waals surface area (Å²) in [7, 11) is 0. The van der Waals surface area contributed by atoms with E-state index in [1.54, 1.807) is 12.3 Å². The number of nitrogens with zero attached hydrogens (tertiary/aromatic N) is 1. The fourth-order valence-electron chi connectivity index (χ4n) is 2.33. The third-order valence-electron chi connectivity index (χ3n) is 3.45. The van der Waals surface area contributed by atoms with E-state index in [1.165, 1.54) is 0 Å². The Balaban J connectivity index is 1.61. The number of para-hydroxylation sites is 2. The smallest absolute Gasteiger partial charge is 0.264 e. The van der Waals surface area contributed by atoms with Crippen LogP contribution in [0.4, 0.5) is 0 Å². The fourth-order valence-corrected chi connectivity index (χ4v) is 2.33. The molecule has 1 atom stereocenters. The number of rotatable bonds is 5. The van der Waals surface area contributed by atoms with Crippen molar-refractivity contribution < 1.29 is 19.0 Å². The topological polar surface area (TPSA) is 69.7 Å². The Hall–Kier alpha value is -2.76. The molecular formula is C18H20N2O4. The van der Waals surface area contributed by atoms with Gasteiger partial charge in [0.1, 0.15) is 6.61 Å². The Morgan fingerprint density at radius 3 is 2.88 bits per heavy atom. The van der Waals surface area contributed by atoms with Gasteiger partial charge in [-0.2, -0.15) is 0 Å². The molecule has 2 aromatic rings. The van der Waals surface area contributed by atoms with Crippen LogP contribution in [0.25, 0.3) is 0 Å². The van der Waals surface area contributed by atoms with Gasteiger partial charge in [-0.3, -0.25) is 4.79 Å². The zero-order chi connectivity index (χ0) is 16.9. The lowest BCUT2D eigenvalue weighted by Gasteiger charge is -2.25. The SMILES string of the molecule is CC(C)Oc1ncccc1CNC(=O)C1COc2ccccc2O1. The van der Waals surface area contributed by atoms with Crippen molar-refractivity contribution in [2.24, 2.45) is 0 Å². The highest BCUT2D eigenvalue weighted by Crippen LogP contribution is 2.30. The third kappa shape index (κ3) is 3.76. The Bertz CT molecular complexity index is 718. The highest BCUT2D eigenvalue weighted by atomic mass is 16.6. The summed E-state index contributed by atoms with van der Waals surface area (Å²) < 4.78 is 16.9. The highest BCUT2D eigenvalue weighted by Gasteiger charge is 2.27. The van der Waals surface area contributed by atoms with Crippen LogP contribution in [-0.2, 0) is 11.3 Å². The van der Waals surface area contributed by atoms with Crippen molar-refractivity contribution in [3.63, 3.8) is 0 Å². The van der Waals surface area contributed by atoms with Gasteiger partial charge in [0.05, 0.1) is 6.10 Å². The van der Waals surface area contributed by atoms with E-state index in [0.717, 1.165) is 5.56 Å². The maximum Gasteiger partial charge on any atom is 0.264 e. The van der Waals surface area contributed by atoms with Gasteiger partial charge in [0.25, 0.3) is 5.91 Å². The molecule has 0 saturated carbocycles. The maximum absolute atomic E-state index is 12.3. The number of benzene rings is 1. The van der Waals surface area contributed by atoms with E-state index >= 15 is 0 Å². The van der Waals surface area contributed by atoms with Crippen molar-refractivity contribution in [2.45, 2.75) is 32.6 Å². The van der Waals surface area contributed by atoms with Gasteiger partial charge in [-0.1, -0.05) is 18.2 Å². The summed E-state index contributed by atoms with van der Waals surface area (Å²) in [5.74, 6) is 1.53. The second-order valence-electron chi connectivity index (χ2n) is 5.72. The van der Waals surface area contributed by atoms with Crippen molar-refractivity contribution in [1.29, 1.82) is 0 Å². The molecule has 1 amide bonds. The molecule has 2 heterocycles. The van der Waals surface area contributed by atoms with Gasteiger partial charge >= 0.3 is 0 Å². The molecule has 1 aromatic carbocycles. The number of hydrogen-bond donors (Lipinski definition) is 1. The van der Waals surface area contributed by atoms with Crippen LogP contribution in [0, 0.1) is 0 Å². The van der Waals surface area contributed by atoms with Crippen molar-refractivity contribution in [2.75, 3.05) is 6.61 Å². The van der Waals surface area contributed by atoms with Crippen LogP contribution in [0.3, 0.4) is 0 Å². The number of carbonyl (C=O) groups is 1.